The van der Waals surface area contributed by atoms with Crippen molar-refractivity contribution in [3.63, 3.8) is 0 Å². The second kappa shape index (κ2) is 18.5. The summed E-state index contributed by atoms with van der Waals surface area (Å²) in [5.41, 5.74) is 10.9. The molecular formula is C59H62N3OPt-. The SMILES string of the molecule is [2H]c1c([2H])c(C([2H])([2H])[2H])c([2H])c([2H])c1-c1ccnc(-c2[c-]c(-c3cccc4c3nc(-c3cc(C(C)C)cc(C(C)C)c3O)n4-c3ccc(-c4c(C([2H])(C)C)cccc4C([2H])(C)C)cc3)cc(C(C)(C)C)c2)c1.[Pt]. The molecule has 1 N–H and O–H groups in total. The Morgan fingerprint density at radius 3 is 1.95 bits per heavy atom. The summed E-state index contributed by atoms with van der Waals surface area (Å²) in [4.78, 5) is 10.2. The van der Waals surface area contributed by atoms with Crippen molar-refractivity contribution in [3.8, 4) is 67.5 Å². The fourth-order valence-corrected chi connectivity index (χ4v) is 8.33. The van der Waals surface area contributed by atoms with E-state index in [-0.39, 0.29) is 49.6 Å². The standard InChI is InChI=1S/C59H62N3O.Pt/c1-35(2)43-32-51(38(7)8)57(63)52(33-43)58-61-56-50(44-29-45(31-46(30-44)59(10,11)12)53-34-42(27-28-60-53)40-21-19-39(9)20-22-40)17-14-18-54(56)62(58)47-25-23-41(24-26-47)55-48(36(3)4)15-13-16-49(55)37(5)6;/h13-28,30-38,63H,1-12H3;/q-1;/i9D3,19D,20D,21D,22D,36D,37D;. The molecule has 8 rings (SSSR count). The Labute approximate surface area is 408 Å². The number of benzene rings is 6. The molecular weight excluding hydrogens is 962 g/mol. The van der Waals surface area contributed by atoms with Gasteiger partial charge in [0.05, 0.1) is 22.1 Å². The van der Waals surface area contributed by atoms with Crippen molar-refractivity contribution in [1.82, 2.24) is 14.5 Å². The maximum atomic E-state index is 12.2. The van der Waals surface area contributed by atoms with Crippen LogP contribution in [-0.2, 0) is 26.5 Å². The number of aromatic hydroxyl groups is 1. The van der Waals surface area contributed by atoms with Gasteiger partial charge in [-0.3, -0.25) is 9.55 Å². The number of pyridine rings is 1. The quantitative estimate of drug-likeness (QED) is 0.139. The number of aromatic nitrogens is 3. The normalized spacial score (nSPS) is 14.5. The van der Waals surface area contributed by atoms with Crippen LogP contribution in [0.4, 0.5) is 0 Å². The largest absolute Gasteiger partial charge is 0.507 e. The van der Waals surface area contributed by atoms with Crippen LogP contribution in [0.25, 0.3) is 72.7 Å². The van der Waals surface area contributed by atoms with Crippen LogP contribution in [0.3, 0.4) is 0 Å². The van der Waals surface area contributed by atoms with Crippen molar-refractivity contribution >= 4 is 11.0 Å². The van der Waals surface area contributed by atoms with Crippen molar-refractivity contribution in [3.05, 3.63) is 167 Å². The summed E-state index contributed by atoms with van der Waals surface area (Å²) in [6, 6.07) is 33.0. The second-order valence-corrected chi connectivity index (χ2v) is 18.7. The van der Waals surface area contributed by atoms with Crippen molar-refractivity contribution < 1.29 is 38.5 Å². The van der Waals surface area contributed by atoms with Gasteiger partial charge in [-0.25, -0.2) is 4.98 Å². The van der Waals surface area contributed by atoms with E-state index in [2.05, 4.69) is 71.2 Å². The molecule has 0 atom stereocenters. The van der Waals surface area contributed by atoms with Crippen molar-refractivity contribution in [1.29, 1.82) is 0 Å². The Balaban J connectivity index is 0.00000780. The number of hydrogen-bond donors (Lipinski definition) is 1. The Hall–Kier alpha value is -5.57. The van der Waals surface area contributed by atoms with Crippen LogP contribution in [0.15, 0.2) is 127 Å². The third-order valence-electron chi connectivity index (χ3n) is 11.9. The number of fused-ring (bicyclic) bond motifs is 1. The molecule has 330 valence electrons. The van der Waals surface area contributed by atoms with Gasteiger partial charge in [-0.05, 0) is 111 Å². The summed E-state index contributed by atoms with van der Waals surface area (Å²) in [6.07, 6.45) is 1.54. The third-order valence-corrected chi connectivity index (χ3v) is 11.9. The predicted molar refractivity (Wildman–Crippen MR) is 266 cm³/mol. The zero-order chi connectivity index (χ0) is 52.7. The van der Waals surface area contributed by atoms with E-state index >= 15 is 0 Å². The van der Waals surface area contributed by atoms with E-state index in [1.807, 2.05) is 100 Å². The summed E-state index contributed by atoms with van der Waals surface area (Å²) in [5.74, 6) is -0.997. The van der Waals surface area contributed by atoms with Gasteiger partial charge in [-0.2, -0.15) is 0 Å². The molecule has 2 aromatic heterocycles. The van der Waals surface area contributed by atoms with Crippen molar-refractivity contribution in [2.45, 2.75) is 112 Å². The predicted octanol–water partition coefficient (Wildman–Crippen LogP) is 16.4. The van der Waals surface area contributed by atoms with Gasteiger partial charge >= 0.3 is 0 Å². The molecule has 0 bridgehead atoms. The van der Waals surface area contributed by atoms with Gasteiger partial charge in [0.15, 0.2) is 0 Å². The van der Waals surface area contributed by atoms with Gasteiger partial charge < -0.3 is 5.11 Å². The molecule has 4 nitrogen and oxygen atoms in total. The molecule has 0 fully saturated rings. The molecule has 2 heterocycles. The number of rotatable bonds is 10. The molecule has 0 spiro atoms. The van der Waals surface area contributed by atoms with Crippen molar-refractivity contribution in [2.24, 2.45) is 0 Å². The van der Waals surface area contributed by atoms with Gasteiger partial charge in [0.1, 0.15) is 11.6 Å². The van der Waals surface area contributed by atoms with Crippen LogP contribution in [0.2, 0.25) is 0 Å². The van der Waals surface area contributed by atoms with Crippen LogP contribution in [-0.4, -0.2) is 19.6 Å². The Morgan fingerprint density at radius 1 is 0.688 bits per heavy atom. The maximum absolute atomic E-state index is 12.2. The van der Waals surface area contributed by atoms with Crippen LogP contribution in [0.5, 0.6) is 5.75 Å². The van der Waals surface area contributed by atoms with E-state index in [1.54, 1.807) is 12.1 Å². The monoisotopic (exact) mass is 1030 g/mol. The topological polar surface area (TPSA) is 50.9 Å². The number of imidazole rings is 1. The van der Waals surface area contributed by atoms with E-state index < -0.39 is 48.4 Å². The third kappa shape index (κ3) is 9.05. The van der Waals surface area contributed by atoms with Crippen molar-refractivity contribution in [2.75, 3.05) is 0 Å². The minimum absolute atomic E-state index is 0. The second-order valence-electron chi connectivity index (χ2n) is 18.7. The molecule has 0 aliphatic heterocycles. The molecule has 0 saturated heterocycles. The van der Waals surface area contributed by atoms with E-state index in [0.717, 1.165) is 61.3 Å². The fraction of sp³-hybridized carbons (Fsp3) is 0.288. The molecule has 0 unspecified atom stereocenters. The van der Waals surface area contributed by atoms with E-state index in [9.17, 15) is 5.11 Å². The van der Waals surface area contributed by atoms with Gasteiger partial charge in [0.2, 0.25) is 0 Å². The van der Waals surface area contributed by atoms with E-state index in [1.165, 1.54) is 6.20 Å². The molecule has 0 radical (unpaired) electrons. The first-order chi connectivity index (χ1) is 33.5. The summed E-state index contributed by atoms with van der Waals surface area (Å²) in [6.45, 7) is 19.4. The number of phenols is 1. The Bertz CT molecular complexity index is 3350. The minimum Gasteiger partial charge on any atom is -0.507 e. The molecule has 0 aliphatic rings. The zero-order valence-electron chi connectivity index (χ0n) is 47.6. The molecule has 0 saturated carbocycles. The summed E-state index contributed by atoms with van der Waals surface area (Å²) in [7, 11) is 0. The number of hydrogen-bond acceptors (Lipinski definition) is 3. The van der Waals surface area contributed by atoms with Gasteiger partial charge in [0.25, 0.3) is 0 Å². The average Bonchev–Trinajstić information content (AvgIpc) is 3.69. The minimum atomic E-state index is -2.84. The number of para-hydroxylation sites is 1. The molecule has 64 heavy (non-hydrogen) atoms. The average molecular weight is 1030 g/mol. The summed E-state index contributed by atoms with van der Waals surface area (Å²) >= 11 is 0. The maximum Gasteiger partial charge on any atom is 0.148 e. The summed E-state index contributed by atoms with van der Waals surface area (Å²) < 4.78 is 78.8. The summed E-state index contributed by atoms with van der Waals surface area (Å²) in [5, 5.41) is 12.2. The molecule has 5 heteroatoms. The molecule has 0 aliphatic carbocycles. The zero-order valence-corrected chi connectivity index (χ0v) is 40.8. The number of nitrogens with zero attached hydrogens (tertiary/aromatic N) is 3. The Morgan fingerprint density at radius 2 is 1.34 bits per heavy atom. The van der Waals surface area contributed by atoms with Gasteiger partial charge in [-0.15, -0.1) is 29.3 Å². The molecule has 0 amide bonds. The first-order valence-corrected chi connectivity index (χ1v) is 21.8. The van der Waals surface area contributed by atoms with Crippen LogP contribution < -0.4 is 0 Å². The Kier molecular flexibility index (Phi) is 10.3. The smallest absolute Gasteiger partial charge is 0.148 e. The fourth-order valence-electron chi connectivity index (χ4n) is 8.33. The van der Waals surface area contributed by atoms with Crippen LogP contribution in [0, 0.1) is 12.9 Å². The van der Waals surface area contributed by atoms with Crippen LogP contribution in [0.1, 0.15) is 146 Å². The molecule has 8 aromatic rings. The van der Waals surface area contributed by atoms with Gasteiger partial charge in [0, 0.05) is 45.5 Å². The van der Waals surface area contributed by atoms with Gasteiger partial charge in [-0.1, -0.05) is 172 Å². The first kappa shape index (κ1) is 35.7. The van der Waals surface area contributed by atoms with E-state index in [0.29, 0.717) is 33.7 Å². The first-order valence-electron chi connectivity index (χ1n) is 26.3. The number of phenolic OH excluding ortho intramolecular Hbond substituents is 1. The molecule has 6 aromatic carbocycles. The van der Waals surface area contributed by atoms with E-state index in [4.69, 9.17) is 22.3 Å². The van der Waals surface area contributed by atoms with Crippen LogP contribution >= 0.6 is 0 Å².